The van der Waals surface area contributed by atoms with Crippen LogP contribution in [0.4, 0.5) is 0 Å². The highest BCUT2D eigenvalue weighted by molar-refractivity contribution is 5.97. The van der Waals surface area contributed by atoms with Crippen molar-refractivity contribution in [2.24, 2.45) is 5.92 Å². The third-order valence-electron chi connectivity index (χ3n) is 3.49. The maximum absolute atomic E-state index is 11.9. The van der Waals surface area contributed by atoms with Crippen LogP contribution in [0.25, 0.3) is 0 Å². The van der Waals surface area contributed by atoms with E-state index in [9.17, 15) is 9.90 Å². The molecule has 0 unspecified atom stereocenters. The van der Waals surface area contributed by atoms with Gasteiger partial charge in [0.25, 0.3) is 0 Å². The Balaban J connectivity index is 2.08. The number of phenolic OH excluding ortho intramolecular Hbond substituents is 1. The lowest BCUT2D eigenvalue weighted by atomic mass is 9.86. The monoisotopic (exact) mass is 258 g/mol. The second-order valence-corrected chi connectivity index (χ2v) is 4.84. The fourth-order valence-electron chi connectivity index (χ4n) is 2.36. The van der Waals surface area contributed by atoms with Gasteiger partial charge in [-0.1, -0.05) is 25.2 Å². The molecule has 3 heteroatoms. The van der Waals surface area contributed by atoms with Crippen molar-refractivity contribution in [2.45, 2.75) is 32.1 Å². The normalized spacial score (nSPS) is 15.4. The Kier molecular flexibility index (Phi) is 4.46. The van der Waals surface area contributed by atoms with Crippen molar-refractivity contribution in [3.8, 4) is 23.3 Å². The van der Waals surface area contributed by atoms with Gasteiger partial charge in [0.05, 0.1) is 7.11 Å². The maximum Gasteiger partial charge on any atom is 0.208 e. The summed E-state index contributed by atoms with van der Waals surface area (Å²) < 4.78 is 5.01. The van der Waals surface area contributed by atoms with Gasteiger partial charge in [-0.25, -0.2) is 0 Å². The highest BCUT2D eigenvalue weighted by Gasteiger charge is 2.19. The van der Waals surface area contributed by atoms with E-state index in [0.717, 1.165) is 25.7 Å². The Morgan fingerprint density at radius 1 is 1.32 bits per heavy atom. The topological polar surface area (TPSA) is 46.5 Å². The number of rotatable bonds is 2. The van der Waals surface area contributed by atoms with Gasteiger partial charge in [0.2, 0.25) is 5.78 Å². The first-order valence-electron chi connectivity index (χ1n) is 6.63. The lowest BCUT2D eigenvalue weighted by molar-refractivity contribution is -0.118. The van der Waals surface area contributed by atoms with Crippen LogP contribution in [0.15, 0.2) is 18.2 Å². The van der Waals surface area contributed by atoms with E-state index in [-0.39, 0.29) is 17.5 Å². The summed E-state index contributed by atoms with van der Waals surface area (Å²) >= 11 is 0. The molecule has 2 rings (SSSR count). The van der Waals surface area contributed by atoms with E-state index in [4.69, 9.17) is 4.74 Å². The summed E-state index contributed by atoms with van der Waals surface area (Å²) in [7, 11) is 1.49. The van der Waals surface area contributed by atoms with Crippen molar-refractivity contribution in [2.75, 3.05) is 7.11 Å². The summed E-state index contributed by atoms with van der Waals surface area (Å²) in [4.78, 5) is 11.9. The molecule has 19 heavy (non-hydrogen) atoms. The lowest BCUT2D eigenvalue weighted by Crippen LogP contribution is -2.15. The molecule has 0 aliphatic heterocycles. The summed E-state index contributed by atoms with van der Waals surface area (Å²) in [6, 6.07) is 4.84. The molecule has 0 aromatic heterocycles. The van der Waals surface area contributed by atoms with E-state index in [0.29, 0.717) is 11.3 Å². The first-order chi connectivity index (χ1) is 9.20. The molecule has 1 N–H and O–H groups in total. The summed E-state index contributed by atoms with van der Waals surface area (Å²) in [5, 5.41) is 9.48. The highest BCUT2D eigenvalue weighted by atomic mass is 16.5. The van der Waals surface area contributed by atoms with Crippen molar-refractivity contribution in [3.63, 3.8) is 0 Å². The van der Waals surface area contributed by atoms with Crippen molar-refractivity contribution in [3.05, 3.63) is 23.8 Å². The average Bonchev–Trinajstić information content (AvgIpc) is 2.47. The molecule has 1 fully saturated rings. The molecule has 0 heterocycles. The summed E-state index contributed by atoms with van der Waals surface area (Å²) in [5.41, 5.74) is 0.679. The third-order valence-corrected chi connectivity index (χ3v) is 3.49. The number of aromatic hydroxyl groups is 1. The van der Waals surface area contributed by atoms with Crippen LogP contribution >= 0.6 is 0 Å². The Morgan fingerprint density at radius 3 is 2.74 bits per heavy atom. The quantitative estimate of drug-likeness (QED) is 0.830. The van der Waals surface area contributed by atoms with Crippen LogP contribution in [0.1, 0.15) is 37.7 Å². The van der Waals surface area contributed by atoms with E-state index in [1.54, 1.807) is 12.1 Å². The number of methoxy groups -OCH3 is 1. The molecule has 0 amide bonds. The van der Waals surface area contributed by atoms with Crippen LogP contribution in [0.3, 0.4) is 0 Å². The van der Waals surface area contributed by atoms with Crippen LogP contribution in [-0.4, -0.2) is 18.0 Å². The van der Waals surface area contributed by atoms with Crippen molar-refractivity contribution >= 4 is 5.78 Å². The zero-order chi connectivity index (χ0) is 13.7. The van der Waals surface area contributed by atoms with Crippen molar-refractivity contribution in [1.29, 1.82) is 0 Å². The minimum atomic E-state index is 0.0340. The standard InChI is InChI=1S/C16H18O3/c1-19-16-11-12(8-10-15(16)18)7-9-14(17)13-5-3-2-4-6-13/h8,10-11,13,18H,2-6H2,1H3. The Labute approximate surface area is 113 Å². The maximum atomic E-state index is 11.9. The van der Waals surface area contributed by atoms with Gasteiger partial charge in [-0.2, -0.15) is 0 Å². The third kappa shape index (κ3) is 3.51. The van der Waals surface area contributed by atoms with E-state index in [2.05, 4.69) is 11.8 Å². The number of benzene rings is 1. The molecule has 100 valence electrons. The van der Waals surface area contributed by atoms with Crippen molar-refractivity contribution in [1.82, 2.24) is 0 Å². The minimum absolute atomic E-state index is 0.0340. The van der Waals surface area contributed by atoms with Gasteiger partial charge >= 0.3 is 0 Å². The zero-order valence-electron chi connectivity index (χ0n) is 11.1. The zero-order valence-corrected chi connectivity index (χ0v) is 11.1. The van der Waals surface area contributed by atoms with E-state index in [1.807, 2.05) is 0 Å². The fraction of sp³-hybridized carbons (Fsp3) is 0.438. The summed E-state index contributed by atoms with van der Waals surface area (Å²) in [6.45, 7) is 0. The predicted octanol–water partition coefficient (Wildman–Crippen LogP) is 2.90. The molecule has 0 bridgehead atoms. The van der Waals surface area contributed by atoms with E-state index < -0.39 is 0 Å². The number of carbonyl (C=O) groups is 1. The molecule has 0 spiro atoms. The van der Waals surface area contributed by atoms with Gasteiger partial charge in [0.15, 0.2) is 11.5 Å². The number of ketones is 1. The van der Waals surface area contributed by atoms with Gasteiger partial charge in [-0.15, -0.1) is 0 Å². The number of phenols is 1. The fourth-order valence-corrected chi connectivity index (χ4v) is 2.36. The number of ether oxygens (including phenoxy) is 1. The molecule has 1 saturated carbocycles. The molecule has 1 aliphatic rings. The predicted molar refractivity (Wildman–Crippen MR) is 73.1 cm³/mol. The SMILES string of the molecule is COc1cc(C#CC(=O)C2CCCCC2)ccc1O. The van der Waals surface area contributed by atoms with Crippen LogP contribution < -0.4 is 4.74 Å². The van der Waals surface area contributed by atoms with Crippen LogP contribution in [0.2, 0.25) is 0 Å². The van der Waals surface area contributed by atoms with Gasteiger partial charge in [-0.05, 0) is 37.0 Å². The molecule has 1 aromatic carbocycles. The van der Waals surface area contributed by atoms with E-state index in [1.165, 1.54) is 19.6 Å². The summed E-state index contributed by atoms with van der Waals surface area (Å²) in [6.07, 6.45) is 5.42. The smallest absolute Gasteiger partial charge is 0.208 e. The molecule has 0 saturated heterocycles. The Hall–Kier alpha value is -1.95. The van der Waals surface area contributed by atoms with Gasteiger partial charge in [0, 0.05) is 11.5 Å². The van der Waals surface area contributed by atoms with E-state index >= 15 is 0 Å². The molecular formula is C16H18O3. The van der Waals surface area contributed by atoms with Gasteiger partial charge in [-0.3, -0.25) is 4.79 Å². The van der Waals surface area contributed by atoms with Gasteiger partial charge < -0.3 is 9.84 Å². The van der Waals surface area contributed by atoms with Crippen molar-refractivity contribution < 1.29 is 14.6 Å². The second-order valence-electron chi connectivity index (χ2n) is 4.84. The Morgan fingerprint density at radius 2 is 2.05 bits per heavy atom. The second kappa shape index (κ2) is 6.29. The number of hydrogen-bond acceptors (Lipinski definition) is 3. The first kappa shape index (κ1) is 13.5. The largest absolute Gasteiger partial charge is 0.504 e. The molecule has 1 aromatic rings. The average molecular weight is 258 g/mol. The minimum Gasteiger partial charge on any atom is -0.504 e. The van der Waals surface area contributed by atoms with Crippen LogP contribution in [0.5, 0.6) is 11.5 Å². The number of Topliss-reactive ketones (excluding diaryl/α,β-unsaturated/α-hetero) is 1. The molecule has 1 aliphatic carbocycles. The first-order valence-corrected chi connectivity index (χ1v) is 6.63. The lowest BCUT2D eigenvalue weighted by Gasteiger charge is -2.17. The molecule has 0 radical (unpaired) electrons. The highest BCUT2D eigenvalue weighted by Crippen LogP contribution is 2.26. The number of carbonyl (C=O) groups excluding carboxylic acids is 1. The Bertz CT molecular complexity index is 517. The molecular weight excluding hydrogens is 240 g/mol. The number of hydrogen-bond donors (Lipinski definition) is 1. The molecule has 0 atom stereocenters. The molecule has 3 nitrogen and oxygen atoms in total. The van der Waals surface area contributed by atoms with Crippen LogP contribution in [-0.2, 0) is 4.79 Å². The van der Waals surface area contributed by atoms with Crippen LogP contribution in [0, 0.1) is 17.8 Å². The van der Waals surface area contributed by atoms with Gasteiger partial charge in [0.1, 0.15) is 0 Å². The summed E-state index contributed by atoms with van der Waals surface area (Å²) in [5.74, 6) is 6.16.